The minimum absolute atomic E-state index is 0.0721. The Morgan fingerprint density at radius 1 is 1.28 bits per heavy atom. The van der Waals surface area contributed by atoms with Gasteiger partial charge in [0.1, 0.15) is 9.84 Å². The molecule has 0 unspecified atom stereocenters. The highest BCUT2D eigenvalue weighted by Crippen LogP contribution is 2.42. The van der Waals surface area contributed by atoms with E-state index in [1.165, 1.54) is 38.4 Å². The summed E-state index contributed by atoms with van der Waals surface area (Å²) < 4.78 is 28.0. The van der Waals surface area contributed by atoms with Crippen LogP contribution < -0.4 is 5.32 Å². The molecule has 6 nitrogen and oxygen atoms in total. The van der Waals surface area contributed by atoms with E-state index in [1.807, 2.05) is 0 Å². The summed E-state index contributed by atoms with van der Waals surface area (Å²) in [6.07, 6.45) is 7.95. The van der Waals surface area contributed by atoms with Crippen LogP contribution in [0.3, 0.4) is 0 Å². The highest BCUT2D eigenvalue weighted by molar-refractivity contribution is 8.00. The van der Waals surface area contributed by atoms with Crippen LogP contribution in [0.4, 0.5) is 0 Å². The highest BCUT2D eigenvalue weighted by Gasteiger charge is 2.38. The lowest BCUT2D eigenvalue weighted by Gasteiger charge is -2.45. The molecule has 0 bridgehead atoms. The summed E-state index contributed by atoms with van der Waals surface area (Å²) in [5.74, 6) is 2.21. The monoisotopic (exact) mass is 391 g/mol. The highest BCUT2D eigenvalue weighted by atomic mass is 32.2. The zero-order valence-corrected chi connectivity index (χ0v) is 17.3. The van der Waals surface area contributed by atoms with Crippen molar-refractivity contribution in [2.75, 3.05) is 57.2 Å². The van der Waals surface area contributed by atoms with Crippen LogP contribution in [0, 0.1) is 0 Å². The fraction of sp³-hybridized carbons (Fsp3) is 0.941. The number of aliphatic imine (C=N–C) groups is 1. The molecule has 0 atom stereocenters. The van der Waals surface area contributed by atoms with Crippen LogP contribution in [0.25, 0.3) is 0 Å². The third-order valence-electron chi connectivity index (χ3n) is 4.74. The average molecular weight is 392 g/mol. The summed E-state index contributed by atoms with van der Waals surface area (Å²) in [4.78, 5) is 7.10. The zero-order valence-electron chi connectivity index (χ0n) is 15.6. The van der Waals surface area contributed by atoms with E-state index >= 15 is 0 Å². The molecule has 1 saturated carbocycles. The predicted molar refractivity (Wildman–Crippen MR) is 106 cm³/mol. The molecule has 1 spiro atoms. The summed E-state index contributed by atoms with van der Waals surface area (Å²) >= 11 is 2.16. The average Bonchev–Trinajstić information content (AvgIpc) is 2.57. The Kier molecular flexibility index (Phi) is 8.35. The molecule has 0 aromatic rings. The van der Waals surface area contributed by atoms with Gasteiger partial charge in [0.25, 0.3) is 0 Å². The van der Waals surface area contributed by atoms with E-state index in [-0.39, 0.29) is 12.4 Å². The Morgan fingerprint density at radius 2 is 2.04 bits per heavy atom. The van der Waals surface area contributed by atoms with Crippen molar-refractivity contribution in [2.45, 2.75) is 43.8 Å². The summed E-state index contributed by atoms with van der Waals surface area (Å²) in [5.41, 5.74) is 0. The van der Waals surface area contributed by atoms with E-state index in [4.69, 9.17) is 9.73 Å². The normalized spacial score (nSPS) is 21.5. The summed E-state index contributed by atoms with van der Waals surface area (Å²) in [7, 11) is -2.95. The van der Waals surface area contributed by atoms with E-state index in [1.54, 1.807) is 0 Å². The van der Waals surface area contributed by atoms with Crippen molar-refractivity contribution in [2.24, 2.45) is 4.99 Å². The van der Waals surface area contributed by atoms with Gasteiger partial charge in [-0.1, -0.05) is 19.3 Å². The third-order valence-corrected chi connectivity index (χ3v) is 7.19. The van der Waals surface area contributed by atoms with Gasteiger partial charge >= 0.3 is 0 Å². The molecule has 1 aliphatic carbocycles. The maximum absolute atomic E-state index is 11.1. The minimum Gasteiger partial charge on any atom is -0.378 e. The van der Waals surface area contributed by atoms with Gasteiger partial charge in [-0.25, -0.2) is 8.42 Å². The van der Waals surface area contributed by atoms with Crippen molar-refractivity contribution < 1.29 is 13.2 Å². The lowest BCUT2D eigenvalue weighted by molar-refractivity contribution is 0.157. The van der Waals surface area contributed by atoms with Crippen LogP contribution in [0.5, 0.6) is 0 Å². The molecule has 2 fully saturated rings. The first-order valence-electron chi connectivity index (χ1n) is 9.37. The van der Waals surface area contributed by atoms with Gasteiger partial charge < -0.3 is 15.0 Å². The van der Waals surface area contributed by atoms with Crippen molar-refractivity contribution in [1.82, 2.24) is 10.2 Å². The van der Waals surface area contributed by atoms with E-state index in [2.05, 4.69) is 28.9 Å². The lowest BCUT2D eigenvalue weighted by atomic mass is 9.87. The molecular weight excluding hydrogens is 358 g/mol. The second kappa shape index (κ2) is 10.0. The quantitative estimate of drug-likeness (QED) is 0.405. The molecule has 0 amide bonds. The van der Waals surface area contributed by atoms with Crippen LogP contribution >= 0.6 is 11.8 Å². The van der Waals surface area contributed by atoms with Crippen molar-refractivity contribution >= 4 is 27.6 Å². The number of thioether (sulfide) groups is 1. The SMILES string of the molecule is CCNC(=NCCOCCS(C)(=O)=O)N1CCSC2(CCCCC2)C1. The lowest BCUT2D eigenvalue weighted by Crippen LogP contribution is -2.53. The second-order valence-corrected chi connectivity index (χ2v) is 10.8. The van der Waals surface area contributed by atoms with E-state index < -0.39 is 9.84 Å². The maximum atomic E-state index is 11.1. The largest absolute Gasteiger partial charge is 0.378 e. The van der Waals surface area contributed by atoms with E-state index in [9.17, 15) is 8.42 Å². The van der Waals surface area contributed by atoms with Crippen LogP contribution in [0.15, 0.2) is 4.99 Å². The molecule has 1 saturated heterocycles. The predicted octanol–water partition coefficient (Wildman–Crippen LogP) is 1.76. The molecule has 0 radical (unpaired) electrons. The van der Waals surface area contributed by atoms with Gasteiger partial charge in [0.2, 0.25) is 0 Å². The third kappa shape index (κ3) is 7.35. The topological polar surface area (TPSA) is 71.0 Å². The fourth-order valence-electron chi connectivity index (χ4n) is 3.48. The molecule has 0 aromatic carbocycles. The van der Waals surface area contributed by atoms with Crippen molar-refractivity contribution in [3.63, 3.8) is 0 Å². The fourth-order valence-corrected chi connectivity index (χ4v) is 5.47. The summed E-state index contributed by atoms with van der Waals surface area (Å²) in [6, 6.07) is 0. The van der Waals surface area contributed by atoms with Gasteiger partial charge in [-0.2, -0.15) is 11.8 Å². The van der Waals surface area contributed by atoms with Crippen molar-refractivity contribution in [3.05, 3.63) is 0 Å². The molecule has 2 aliphatic rings. The molecular formula is C17H33N3O3S2. The molecule has 1 aliphatic heterocycles. The van der Waals surface area contributed by atoms with Gasteiger partial charge in [0.15, 0.2) is 5.96 Å². The van der Waals surface area contributed by atoms with Gasteiger partial charge in [-0.3, -0.25) is 4.99 Å². The van der Waals surface area contributed by atoms with Gasteiger partial charge in [0, 0.05) is 36.4 Å². The second-order valence-electron chi connectivity index (χ2n) is 6.99. The van der Waals surface area contributed by atoms with Gasteiger partial charge in [0.05, 0.1) is 25.5 Å². The van der Waals surface area contributed by atoms with Crippen LogP contribution in [0.1, 0.15) is 39.0 Å². The maximum Gasteiger partial charge on any atom is 0.194 e. The molecule has 1 heterocycles. The minimum atomic E-state index is -2.95. The number of ether oxygens (including phenoxy) is 1. The Bertz CT molecular complexity index is 526. The Labute approximate surface area is 157 Å². The molecule has 0 aromatic heterocycles. The number of guanidine groups is 1. The van der Waals surface area contributed by atoms with Crippen LogP contribution in [-0.4, -0.2) is 81.2 Å². The summed E-state index contributed by atoms with van der Waals surface area (Å²) in [6.45, 7) is 6.32. The number of nitrogens with one attached hydrogen (secondary N) is 1. The molecule has 2 rings (SSSR count). The Balaban J connectivity index is 1.83. The van der Waals surface area contributed by atoms with Gasteiger partial charge in [-0.05, 0) is 19.8 Å². The first-order valence-corrected chi connectivity index (χ1v) is 12.4. The number of hydrogen-bond acceptors (Lipinski definition) is 5. The van der Waals surface area contributed by atoms with Crippen molar-refractivity contribution in [1.29, 1.82) is 0 Å². The molecule has 8 heteroatoms. The first-order chi connectivity index (χ1) is 11.9. The number of hydrogen-bond donors (Lipinski definition) is 1. The number of nitrogens with zero attached hydrogens (tertiary/aromatic N) is 2. The van der Waals surface area contributed by atoms with Gasteiger partial charge in [-0.15, -0.1) is 0 Å². The number of rotatable bonds is 7. The van der Waals surface area contributed by atoms with E-state index in [0.717, 1.165) is 31.3 Å². The summed E-state index contributed by atoms with van der Waals surface area (Å²) in [5, 5.41) is 3.40. The smallest absolute Gasteiger partial charge is 0.194 e. The molecule has 146 valence electrons. The van der Waals surface area contributed by atoms with E-state index in [0.29, 0.717) is 17.9 Å². The Hall–Kier alpha value is -0.470. The first kappa shape index (κ1) is 20.8. The molecule has 25 heavy (non-hydrogen) atoms. The number of sulfone groups is 1. The van der Waals surface area contributed by atoms with Crippen LogP contribution in [-0.2, 0) is 14.6 Å². The van der Waals surface area contributed by atoms with Crippen molar-refractivity contribution in [3.8, 4) is 0 Å². The van der Waals surface area contributed by atoms with Crippen LogP contribution in [0.2, 0.25) is 0 Å². The molecule has 1 N–H and O–H groups in total. The Morgan fingerprint density at radius 3 is 2.72 bits per heavy atom. The standard InChI is InChI=1S/C17H33N3O3S2/c1-3-18-16(19-9-11-23-12-14-25(2,21)22)20-10-13-24-17(15-20)7-5-4-6-8-17/h3-15H2,1-2H3,(H,18,19). The zero-order chi connectivity index (χ0) is 18.2.